The number of carbonyl (C=O) groups excluding carboxylic acids is 3. The van der Waals surface area contributed by atoms with E-state index in [-0.39, 0.29) is 11.8 Å². The molecule has 0 atom stereocenters. The SMILES string of the molecule is CN(C)CCCNC(=O)c1ccc(C(=O)N2CCN(C=O)CC2)cc1. The molecule has 3 amide bonds. The van der Waals surface area contributed by atoms with Gasteiger partial charge in [-0.2, -0.15) is 0 Å². The summed E-state index contributed by atoms with van der Waals surface area (Å²) in [7, 11) is 3.99. The third-order valence-electron chi connectivity index (χ3n) is 4.21. The Bertz CT molecular complexity index is 593. The second-order valence-electron chi connectivity index (χ2n) is 6.42. The summed E-state index contributed by atoms with van der Waals surface area (Å²) in [6.45, 7) is 3.73. The molecule has 0 aliphatic carbocycles. The zero-order valence-electron chi connectivity index (χ0n) is 14.9. The lowest BCUT2D eigenvalue weighted by atomic mass is 10.1. The fourth-order valence-corrected chi connectivity index (χ4v) is 2.68. The molecular weight excluding hydrogens is 320 g/mol. The van der Waals surface area contributed by atoms with E-state index in [2.05, 4.69) is 10.2 Å². The van der Waals surface area contributed by atoms with Crippen molar-refractivity contribution < 1.29 is 14.4 Å². The van der Waals surface area contributed by atoms with E-state index < -0.39 is 0 Å². The predicted molar refractivity (Wildman–Crippen MR) is 95.5 cm³/mol. The molecule has 0 aromatic heterocycles. The minimum Gasteiger partial charge on any atom is -0.352 e. The summed E-state index contributed by atoms with van der Waals surface area (Å²) in [4.78, 5) is 40.7. The van der Waals surface area contributed by atoms with Crippen LogP contribution in [0.25, 0.3) is 0 Å². The normalized spacial score (nSPS) is 14.5. The molecule has 1 N–H and O–H groups in total. The van der Waals surface area contributed by atoms with Gasteiger partial charge in [-0.1, -0.05) is 0 Å². The number of benzene rings is 1. The molecule has 7 heteroatoms. The van der Waals surface area contributed by atoms with Crippen molar-refractivity contribution in [3.05, 3.63) is 35.4 Å². The van der Waals surface area contributed by atoms with Crippen LogP contribution in [0, 0.1) is 0 Å². The van der Waals surface area contributed by atoms with Crippen molar-refractivity contribution in [3.63, 3.8) is 0 Å². The Morgan fingerprint density at radius 3 is 2.24 bits per heavy atom. The van der Waals surface area contributed by atoms with Crippen LogP contribution in [0.3, 0.4) is 0 Å². The van der Waals surface area contributed by atoms with Gasteiger partial charge in [-0.25, -0.2) is 0 Å². The van der Waals surface area contributed by atoms with Gasteiger partial charge in [-0.3, -0.25) is 14.4 Å². The van der Waals surface area contributed by atoms with Crippen LogP contribution < -0.4 is 5.32 Å². The molecule has 1 aliphatic heterocycles. The van der Waals surface area contributed by atoms with E-state index in [0.717, 1.165) is 19.4 Å². The zero-order valence-corrected chi connectivity index (χ0v) is 14.9. The summed E-state index contributed by atoms with van der Waals surface area (Å²) in [5.74, 6) is -0.194. The second kappa shape index (κ2) is 9.17. The molecule has 1 fully saturated rings. The smallest absolute Gasteiger partial charge is 0.253 e. The van der Waals surface area contributed by atoms with Crippen LogP contribution in [-0.2, 0) is 4.79 Å². The fourth-order valence-electron chi connectivity index (χ4n) is 2.68. The van der Waals surface area contributed by atoms with Crippen molar-refractivity contribution in [1.29, 1.82) is 0 Å². The quantitative estimate of drug-likeness (QED) is 0.569. The number of amides is 3. The van der Waals surface area contributed by atoms with Crippen LogP contribution in [0.5, 0.6) is 0 Å². The highest BCUT2D eigenvalue weighted by molar-refractivity contribution is 5.97. The largest absolute Gasteiger partial charge is 0.352 e. The molecule has 1 aromatic carbocycles. The average Bonchev–Trinajstić information content (AvgIpc) is 2.64. The van der Waals surface area contributed by atoms with Crippen molar-refractivity contribution in [2.75, 3.05) is 53.4 Å². The van der Waals surface area contributed by atoms with E-state index in [4.69, 9.17) is 0 Å². The first kappa shape index (κ1) is 18.9. The second-order valence-corrected chi connectivity index (χ2v) is 6.42. The molecule has 1 saturated heterocycles. The van der Waals surface area contributed by atoms with Crippen LogP contribution >= 0.6 is 0 Å². The van der Waals surface area contributed by atoms with Crippen molar-refractivity contribution >= 4 is 18.2 Å². The highest BCUT2D eigenvalue weighted by Gasteiger charge is 2.21. The number of piperazine rings is 1. The fraction of sp³-hybridized carbons (Fsp3) is 0.500. The molecule has 25 heavy (non-hydrogen) atoms. The molecule has 0 saturated carbocycles. The van der Waals surface area contributed by atoms with E-state index in [1.807, 2.05) is 14.1 Å². The summed E-state index contributed by atoms with van der Waals surface area (Å²) in [5, 5.41) is 2.88. The number of rotatable bonds is 7. The Hall–Kier alpha value is -2.41. The lowest BCUT2D eigenvalue weighted by Gasteiger charge is -2.32. The van der Waals surface area contributed by atoms with Crippen molar-refractivity contribution in [1.82, 2.24) is 20.0 Å². The predicted octanol–water partition coefficient (Wildman–Crippen LogP) is 0.282. The molecule has 1 aliphatic rings. The molecule has 1 aromatic rings. The van der Waals surface area contributed by atoms with Gasteiger partial charge in [0.25, 0.3) is 11.8 Å². The Balaban J connectivity index is 1.85. The topological polar surface area (TPSA) is 73.0 Å². The lowest BCUT2D eigenvalue weighted by molar-refractivity contribution is -0.119. The van der Waals surface area contributed by atoms with Crippen molar-refractivity contribution in [2.24, 2.45) is 0 Å². The van der Waals surface area contributed by atoms with Gasteiger partial charge >= 0.3 is 0 Å². The van der Waals surface area contributed by atoms with Crippen molar-refractivity contribution in [3.8, 4) is 0 Å². The molecule has 136 valence electrons. The Kier molecular flexibility index (Phi) is 6.94. The number of carbonyl (C=O) groups is 3. The third kappa shape index (κ3) is 5.56. The van der Waals surface area contributed by atoms with Crippen LogP contribution in [0.4, 0.5) is 0 Å². The first-order valence-electron chi connectivity index (χ1n) is 8.53. The van der Waals surface area contributed by atoms with Gasteiger partial charge in [0.2, 0.25) is 6.41 Å². The van der Waals surface area contributed by atoms with E-state index in [0.29, 0.717) is 43.9 Å². The first-order chi connectivity index (χ1) is 12.0. The molecule has 0 spiro atoms. The van der Waals surface area contributed by atoms with Gasteiger partial charge in [0.15, 0.2) is 0 Å². The molecule has 0 bridgehead atoms. The monoisotopic (exact) mass is 346 g/mol. The summed E-state index contributed by atoms with van der Waals surface area (Å²) >= 11 is 0. The van der Waals surface area contributed by atoms with E-state index in [9.17, 15) is 14.4 Å². The molecule has 2 rings (SSSR count). The molecular formula is C18H26N4O3. The van der Waals surface area contributed by atoms with Gasteiger partial charge < -0.3 is 20.0 Å². The summed E-state index contributed by atoms with van der Waals surface area (Å²) in [6, 6.07) is 6.72. The van der Waals surface area contributed by atoms with Crippen LogP contribution in [0.15, 0.2) is 24.3 Å². The molecule has 0 unspecified atom stereocenters. The summed E-state index contributed by atoms with van der Waals surface area (Å²) < 4.78 is 0. The molecule has 7 nitrogen and oxygen atoms in total. The zero-order chi connectivity index (χ0) is 18.2. The van der Waals surface area contributed by atoms with E-state index >= 15 is 0 Å². The third-order valence-corrected chi connectivity index (χ3v) is 4.21. The van der Waals surface area contributed by atoms with Crippen LogP contribution in [-0.4, -0.2) is 86.3 Å². The Morgan fingerprint density at radius 1 is 1.08 bits per heavy atom. The summed E-state index contributed by atoms with van der Waals surface area (Å²) in [6.07, 6.45) is 1.70. The molecule has 1 heterocycles. The minimum atomic E-state index is -0.127. The number of hydrogen-bond acceptors (Lipinski definition) is 4. The standard InChI is InChI=1S/C18H26N4O3/c1-20(2)9-3-8-19-17(24)15-4-6-16(7-5-15)18(25)22-12-10-21(14-23)11-13-22/h4-7,14H,3,8-13H2,1-2H3,(H,19,24). The maximum Gasteiger partial charge on any atom is 0.253 e. The van der Waals surface area contributed by atoms with E-state index in [1.165, 1.54) is 0 Å². The Labute approximate surface area is 148 Å². The maximum atomic E-state index is 12.5. The molecule has 0 radical (unpaired) electrons. The van der Waals surface area contributed by atoms with Gasteiger partial charge in [0.1, 0.15) is 0 Å². The van der Waals surface area contributed by atoms with Crippen LogP contribution in [0.1, 0.15) is 27.1 Å². The lowest BCUT2D eigenvalue weighted by Crippen LogP contribution is -2.48. The van der Waals surface area contributed by atoms with Gasteiger partial charge in [0, 0.05) is 43.9 Å². The van der Waals surface area contributed by atoms with Gasteiger partial charge in [0.05, 0.1) is 0 Å². The highest BCUT2D eigenvalue weighted by Crippen LogP contribution is 2.10. The van der Waals surface area contributed by atoms with Gasteiger partial charge in [-0.05, 0) is 51.3 Å². The average molecular weight is 346 g/mol. The number of hydrogen-bond donors (Lipinski definition) is 1. The minimum absolute atomic E-state index is 0.0662. The maximum absolute atomic E-state index is 12.5. The number of nitrogens with one attached hydrogen (secondary N) is 1. The van der Waals surface area contributed by atoms with Crippen molar-refractivity contribution in [2.45, 2.75) is 6.42 Å². The Morgan fingerprint density at radius 2 is 1.68 bits per heavy atom. The first-order valence-corrected chi connectivity index (χ1v) is 8.53. The van der Waals surface area contributed by atoms with Crippen LogP contribution in [0.2, 0.25) is 0 Å². The number of nitrogens with zero attached hydrogens (tertiary/aromatic N) is 3. The van der Waals surface area contributed by atoms with E-state index in [1.54, 1.807) is 34.1 Å². The highest BCUT2D eigenvalue weighted by atomic mass is 16.2. The van der Waals surface area contributed by atoms with Gasteiger partial charge in [-0.15, -0.1) is 0 Å². The summed E-state index contributed by atoms with van der Waals surface area (Å²) in [5.41, 5.74) is 1.11.